The number of piperidine rings is 1. The third-order valence-electron chi connectivity index (χ3n) is 6.82. The molecule has 0 spiro atoms. The van der Waals surface area contributed by atoms with Crippen molar-refractivity contribution >= 4 is 27.3 Å². The Hall–Kier alpha value is -1.95. The van der Waals surface area contributed by atoms with Gasteiger partial charge in [0.1, 0.15) is 5.02 Å². The summed E-state index contributed by atoms with van der Waals surface area (Å²) in [5.74, 6) is 1.14. The molecule has 2 saturated heterocycles. The van der Waals surface area contributed by atoms with E-state index in [9.17, 15) is 13.2 Å². The van der Waals surface area contributed by atoms with Crippen molar-refractivity contribution in [3.8, 4) is 0 Å². The minimum absolute atomic E-state index is 0.0648. The Labute approximate surface area is 203 Å². The lowest BCUT2D eigenvalue weighted by molar-refractivity contribution is 0.0595. The van der Waals surface area contributed by atoms with E-state index in [0.29, 0.717) is 49.2 Å². The Morgan fingerprint density at radius 1 is 1.21 bits per heavy atom. The minimum Gasteiger partial charge on any atom is -0.427 e. The second kappa shape index (κ2) is 9.60. The maximum Gasteiger partial charge on any atom is 0.287 e. The number of oxazole rings is 1. The van der Waals surface area contributed by atoms with Crippen LogP contribution in [0.25, 0.3) is 0 Å². The van der Waals surface area contributed by atoms with Crippen LogP contribution in [-0.2, 0) is 14.8 Å². The van der Waals surface area contributed by atoms with E-state index in [1.165, 1.54) is 8.99 Å². The van der Waals surface area contributed by atoms with Crippen LogP contribution in [0.1, 0.15) is 62.1 Å². The summed E-state index contributed by atoms with van der Waals surface area (Å²) >= 11 is 6.37. The third-order valence-corrected chi connectivity index (χ3v) is 9.08. The van der Waals surface area contributed by atoms with Gasteiger partial charge in [0.05, 0.1) is 30.2 Å². The highest BCUT2D eigenvalue weighted by Crippen LogP contribution is 2.41. The van der Waals surface area contributed by atoms with E-state index in [0.717, 1.165) is 32.3 Å². The minimum atomic E-state index is -3.78. The van der Waals surface area contributed by atoms with Gasteiger partial charge in [-0.25, -0.2) is 18.1 Å². The Kier molecular flexibility index (Phi) is 6.71. The van der Waals surface area contributed by atoms with Gasteiger partial charge >= 0.3 is 0 Å². The molecule has 0 bridgehead atoms. The number of hydrogen-bond acceptors (Lipinski definition) is 8. The molecule has 2 aliphatic heterocycles. The summed E-state index contributed by atoms with van der Waals surface area (Å²) in [5, 5.41) is 7.61. The van der Waals surface area contributed by atoms with Gasteiger partial charge in [-0.3, -0.25) is 4.79 Å². The van der Waals surface area contributed by atoms with E-state index in [4.69, 9.17) is 20.8 Å². The highest BCUT2D eigenvalue weighted by molar-refractivity contribution is 7.89. The Morgan fingerprint density at radius 2 is 1.97 bits per heavy atom. The van der Waals surface area contributed by atoms with Gasteiger partial charge < -0.3 is 14.5 Å². The second-order valence-corrected chi connectivity index (χ2v) is 11.6. The Morgan fingerprint density at radius 3 is 2.65 bits per heavy atom. The number of aromatic nitrogens is 3. The van der Waals surface area contributed by atoms with Crippen LogP contribution in [0.4, 0.5) is 5.69 Å². The molecular weight excluding hydrogens is 482 g/mol. The predicted octanol–water partition coefficient (Wildman–Crippen LogP) is 2.93. The first kappa shape index (κ1) is 23.8. The summed E-state index contributed by atoms with van der Waals surface area (Å²) in [6.45, 7) is 4.36. The molecule has 12 heteroatoms. The molecule has 0 unspecified atom stereocenters. The summed E-state index contributed by atoms with van der Waals surface area (Å²) in [6.07, 6.45) is 6.57. The maximum absolute atomic E-state index is 13.1. The van der Waals surface area contributed by atoms with Gasteiger partial charge in [-0.1, -0.05) is 11.6 Å². The number of ether oxygens (including phenoxy) is 1. The van der Waals surface area contributed by atoms with Crippen molar-refractivity contribution in [1.29, 1.82) is 0 Å². The Balaban J connectivity index is 1.23. The number of anilines is 1. The molecule has 1 atom stereocenters. The standard InChI is InChI=1S/C22H30ClN5O5S/c1-14-22(33-20(26-14)16-4-5-16)34(30,31)27-8-6-17(7-9-27)28-21(29)19(23)18(12-25-28)24-11-15-3-2-10-32-13-15/h12,15-17,24H,2-11,13H2,1H3/t15-/m1/s1. The molecule has 3 aliphatic rings. The van der Waals surface area contributed by atoms with Crippen LogP contribution in [0.3, 0.4) is 0 Å². The molecule has 1 saturated carbocycles. The molecule has 34 heavy (non-hydrogen) atoms. The first-order chi connectivity index (χ1) is 16.3. The van der Waals surface area contributed by atoms with Crippen LogP contribution in [0.2, 0.25) is 5.02 Å². The Bertz CT molecular complexity index is 1190. The van der Waals surface area contributed by atoms with Crippen LogP contribution in [0.15, 0.2) is 20.5 Å². The fourth-order valence-corrected chi connectivity index (χ4v) is 6.38. The summed E-state index contributed by atoms with van der Waals surface area (Å²) < 4.78 is 40.2. The fourth-order valence-electron chi connectivity index (χ4n) is 4.64. The summed E-state index contributed by atoms with van der Waals surface area (Å²) in [7, 11) is -3.78. The topological polar surface area (TPSA) is 120 Å². The molecule has 3 fully saturated rings. The average molecular weight is 512 g/mol. The maximum atomic E-state index is 13.1. The monoisotopic (exact) mass is 511 g/mol. The van der Waals surface area contributed by atoms with Gasteiger partial charge in [0.25, 0.3) is 20.7 Å². The number of nitrogens with one attached hydrogen (secondary N) is 1. The van der Waals surface area contributed by atoms with Gasteiger partial charge in [-0.2, -0.15) is 9.40 Å². The van der Waals surface area contributed by atoms with Crippen molar-refractivity contribution in [3.63, 3.8) is 0 Å². The summed E-state index contributed by atoms with van der Waals surface area (Å²) in [6, 6.07) is -0.227. The lowest BCUT2D eigenvalue weighted by Gasteiger charge is -2.31. The highest BCUT2D eigenvalue weighted by Gasteiger charge is 2.37. The van der Waals surface area contributed by atoms with Crippen molar-refractivity contribution in [2.45, 2.75) is 62.5 Å². The van der Waals surface area contributed by atoms with Gasteiger partial charge in [0.15, 0.2) is 5.89 Å². The number of nitrogens with zero attached hydrogens (tertiary/aromatic N) is 4. The number of aryl methyl sites for hydroxylation is 1. The number of rotatable bonds is 7. The zero-order valence-corrected chi connectivity index (χ0v) is 20.8. The summed E-state index contributed by atoms with van der Waals surface area (Å²) in [5.41, 5.74) is 0.547. The van der Waals surface area contributed by atoms with Crippen LogP contribution in [0, 0.1) is 12.8 Å². The van der Waals surface area contributed by atoms with Crippen LogP contribution in [-0.4, -0.2) is 60.3 Å². The van der Waals surface area contributed by atoms with E-state index in [1.807, 2.05) is 0 Å². The molecular formula is C22H30ClN5O5S. The molecule has 186 valence electrons. The lowest BCUT2D eigenvalue weighted by atomic mass is 10.0. The molecule has 4 heterocycles. The summed E-state index contributed by atoms with van der Waals surface area (Å²) in [4.78, 5) is 17.2. The van der Waals surface area contributed by atoms with E-state index < -0.39 is 10.0 Å². The van der Waals surface area contributed by atoms with Crippen molar-refractivity contribution in [2.75, 3.05) is 38.2 Å². The van der Waals surface area contributed by atoms with Crippen molar-refractivity contribution < 1.29 is 17.6 Å². The molecule has 1 N–H and O–H groups in total. The zero-order chi connectivity index (χ0) is 23.9. The van der Waals surface area contributed by atoms with Gasteiger partial charge in [-0.05, 0) is 51.4 Å². The largest absolute Gasteiger partial charge is 0.427 e. The van der Waals surface area contributed by atoms with Crippen molar-refractivity contribution in [3.05, 3.63) is 33.2 Å². The molecule has 0 amide bonds. The number of hydrogen-bond donors (Lipinski definition) is 1. The van der Waals surface area contributed by atoms with Crippen molar-refractivity contribution in [1.82, 2.24) is 19.1 Å². The van der Waals surface area contributed by atoms with Crippen LogP contribution in [0.5, 0.6) is 0 Å². The van der Waals surface area contributed by atoms with Crippen LogP contribution < -0.4 is 10.9 Å². The zero-order valence-electron chi connectivity index (χ0n) is 19.2. The third kappa shape index (κ3) is 4.75. The predicted molar refractivity (Wildman–Crippen MR) is 126 cm³/mol. The molecule has 2 aromatic heterocycles. The highest BCUT2D eigenvalue weighted by atomic mass is 35.5. The lowest BCUT2D eigenvalue weighted by Crippen LogP contribution is -2.41. The first-order valence-corrected chi connectivity index (χ1v) is 13.7. The van der Waals surface area contributed by atoms with Gasteiger partial charge in [0, 0.05) is 32.2 Å². The SMILES string of the molecule is Cc1nc(C2CC2)oc1S(=O)(=O)N1CCC(n2ncc(NC[C@H]3CCCOC3)c(Cl)c2=O)CC1. The van der Waals surface area contributed by atoms with Gasteiger partial charge in [0.2, 0.25) is 0 Å². The van der Waals surface area contributed by atoms with E-state index in [1.54, 1.807) is 13.1 Å². The van der Waals surface area contributed by atoms with E-state index >= 15 is 0 Å². The molecule has 2 aromatic rings. The molecule has 0 radical (unpaired) electrons. The normalized spacial score (nSPS) is 22.7. The smallest absolute Gasteiger partial charge is 0.287 e. The first-order valence-electron chi connectivity index (χ1n) is 11.9. The number of halogens is 1. The molecule has 0 aromatic carbocycles. The van der Waals surface area contributed by atoms with E-state index in [2.05, 4.69) is 15.4 Å². The quantitative estimate of drug-likeness (QED) is 0.602. The molecule has 1 aliphatic carbocycles. The number of sulfonamides is 1. The molecule has 10 nitrogen and oxygen atoms in total. The second-order valence-electron chi connectivity index (χ2n) is 9.42. The fraction of sp³-hybridized carbons (Fsp3) is 0.682. The van der Waals surface area contributed by atoms with Gasteiger partial charge in [-0.15, -0.1) is 0 Å². The average Bonchev–Trinajstić information content (AvgIpc) is 3.62. The molecule has 5 rings (SSSR count). The van der Waals surface area contributed by atoms with E-state index in [-0.39, 0.29) is 40.7 Å². The van der Waals surface area contributed by atoms with Crippen molar-refractivity contribution in [2.24, 2.45) is 5.92 Å². The van der Waals surface area contributed by atoms with Crippen LogP contribution >= 0.6 is 11.6 Å².